The average Bonchev–Trinajstić information content (AvgIpc) is 2.14. The van der Waals surface area contributed by atoms with Gasteiger partial charge in [-0.25, -0.2) is 4.79 Å². The van der Waals surface area contributed by atoms with E-state index in [4.69, 9.17) is 15.3 Å². The van der Waals surface area contributed by atoms with Gasteiger partial charge < -0.3 is 25.7 Å². The molecule has 0 fully saturated rings. The molecule has 0 heterocycles. The van der Waals surface area contributed by atoms with Crippen LogP contribution in [0, 0.1) is 0 Å². The minimum atomic E-state index is -1.32. The van der Waals surface area contributed by atoms with Gasteiger partial charge >= 0.3 is 5.97 Å². The van der Waals surface area contributed by atoms with Gasteiger partial charge in [-0.1, -0.05) is 0 Å². The Bertz CT molecular complexity index is 327. The molecule has 0 aliphatic heterocycles. The Morgan fingerprint density at radius 2 is 1.60 bits per heavy atom. The summed E-state index contributed by atoms with van der Waals surface area (Å²) in [6, 6.07) is 1.56. The summed E-state index contributed by atoms with van der Waals surface area (Å²) in [7, 11) is 4.00. The number of carbonyl (C=O) groups is 1. The molecule has 15 heavy (non-hydrogen) atoms. The highest BCUT2D eigenvalue weighted by molar-refractivity contribution is 5.89. The first-order valence-corrected chi connectivity index (χ1v) is 4.14. The lowest BCUT2D eigenvalue weighted by molar-refractivity contribution is -0.597. The van der Waals surface area contributed by atoms with Gasteiger partial charge in [-0.05, 0) is 17.9 Å². The molecule has 0 aliphatic carbocycles. The molecule has 5 N–H and O–H groups in total. The maximum atomic E-state index is 10.7. The van der Waals surface area contributed by atoms with E-state index < -0.39 is 23.2 Å². The van der Waals surface area contributed by atoms with Crippen molar-refractivity contribution in [3.05, 3.63) is 17.7 Å². The topological polar surface area (TPSA) is 117 Å². The normalized spacial score (nSPS) is 8.93. The van der Waals surface area contributed by atoms with Gasteiger partial charge in [0.1, 0.15) is 11.5 Å². The Labute approximate surface area is 86.4 Å². The van der Waals surface area contributed by atoms with Gasteiger partial charge in [-0.2, -0.15) is 0 Å². The van der Waals surface area contributed by atoms with Crippen LogP contribution in [-0.4, -0.2) is 35.4 Å². The van der Waals surface area contributed by atoms with Crippen LogP contribution in [-0.2, 0) is 0 Å². The zero-order chi connectivity index (χ0) is 12.0. The van der Waals surface area contributed by atoms with Gasteiger partial charge in [0.2, 0.25) is 0 Å². The third kappa shape index (κ3) is 3.74. The number of phenolic OH excluding ortho intramolecular Hbond substituents is 2. The Hall–Kier alpha value is -1.95. The molecular formula is C9H13NO5. The number of aromatic hydroxyl groups is 2. The Morgan fingerprint density at radius 3 is 1.87 bits per heavy atom. The Kier molecular flexibility index (Phi) is 4.97. The van der Waals surface area contributed by atoms with Crippen LogP contribution in [0.5, 0.6) is 17.2 Å². The number of rotatable bonds is 1. The first-order chi connectivity index (χ1) is 6.93. The maximum absolute atomic E-state index is 10.7. The standard InChI is InChI=1S/C7H6O5.C2H7N/c8-4-1-3(7(11)12)2-5(9)6(4)10;1-3-2/h1-2,8-10H,(H,11,12);3H,1-2H3. The number of nitrogens with two attached hydrogens (primary N) is 1. The lowest BCUT2D eigenvalue weighted by Gasteiger charge is -2.10. The molecule has 1 aromatic rings. The minimum Gasteiger partial charge on any atom is -0.867 e. The van der Waals surface area contributed by atoms with E-state index in [0.717, 1.165) is 12.1 Å². The predicted molar refractivity (Wildman–Crippen MR) is 50.0 cm³/mol. The monoisotopic (exact) mass is 215 g/mol. The third-order valence-corrected chi connectivity index (χ3v) is 1.30. The van der Waals surface area contributed by atoms with Crippen LogP contribution in [0.1, 0.15) is 10.4 Å². The molecule has 0 aromatic heterocycles. The molecule has 0 radical (unpaired) electrons. The van der Waals surface area contributed by atoms with E-state index in [-0.39, 0.29) is 5.56 Å². The average molecular weight is 215 g/mol. The van der Waals surface area contributed by atoms with Crippen molar-refractivity contribution in [3.63, 3.8) is 0 Å². The highest BCUT2D eigenvalue weighted by atomic mass is 16.4. The third-order valence-electron chi connectivity index (χ3n) is 1.30. The van der Waals surface area contributed by atoms with Gasteiger partial charge in [-0.3, -0.25) is 0 Å². The van der Waals surface area contributed by atoms with Crippen LogP contribution in [0.2, 0.25) is 0 Å². The van der Waals surface area contributed by atoms with Crippen LogP contribution >= 0.6 is 0 Å². The lowest BCUT2D eigenvalue weighted by Crippen LogP contribution is -2.74. The molecule has 0 spiro atoms. The van der Waals surface area contributed by atoms with Crippen LogP contribution in [0.15, 0.2) is 12.1 Å². The molecule has 0 unspecified atom stereocenters. The van der Waals surface area contributed by atoms with Gasteiger partial charge in [-0.15, -0.1) is 0 Å². The zero-order valence-corrected chi connectivity index (χ0v) is 8.39. The predicted octanol–water partition coefficient (Wildman–Crippen LogP) is -1.32. The fourth-order valence-corrected chi connectivity index (χ4v) is 0.722. The lowest BCUT2D eigenvalue weighted by atomic mass is 10.2. The minimum absolute atomic E-state index is 0.329. The van der Waals surface area contributed by atoms with Crippen molar-refractivity contribution in [1.29, 1.82) is 0 Å². The number of quaternary nitrogens is 1. The summed E-state index contributed by atoms with van der Waals surface area (Å²) in [6.07, 6.45) is 0. The largest absolute Gasteiger partial charge is 0.867 e. The van der Waals surface area contributed by atoms with E-state index in [0.29, 0.717) is 0 Å². The number of aromatic carboxylic acids is 1. The molecule has 0 aliphatic rings. The van der Waals surface area contributed by atoms with Gasteiger partial charge in [0.05, 0.1) is 19.7 Å². The van der Waals surface area contributed by atoms with Crippen molar-refractivity contribution in [2.45, 2.75) is 0 Å². The van der Waals surface area contributed by atoms with Crippen LogP contribution < -0.4 is 10.4 Å². The Morgan fingerprint density at radius 1 is 1.27 bits per heavy atom. The summed E-state index contributed by atoms with van der Waals surface area (Å²) in [5.74, 6) is -3.83. The molecule has 0 saturated heterocycles. The first-order valence-electron chi connectivity index (χ1n) is 4.14. The second-order valence-corrected chi connectivity index (χ2v) is 2.73. The van der Waals surface area contributed by atoms with E-state index >= 15 is 0 Å². The fourth-order valence-electron chi connectivity index (χ4n) is 0.722. The molecule has 0 saturated carbocycles. The van der Waals surface area contributed by atoms with Crippen molar-refractivity contribution in [2.24, 2.45) is 0 Å². The van der Waals surface area contributed by atoms with E-state index in [1.54, 1.807) is 0 Å². The number of carboxylic acid groups (broad SMARTS) is 1. The number of phenols is 2. The van der Waals surface area contributed by atoms with Crippen molar-refractivity contribution in [1.82, 2.24) is 0 Å². The summed E-state index contributed by atoms with van der Waals surface area (Å²) in [5, 5.41) is 38.6. The highest BCUT2D eigenvalue weighted by Gasteiger charge is 2.07. The van der Waals surface area contributed by atoms with E-state index in [2.05, 4.69) is 0 Å². The van der Waals surface area contributed by atoms with E-state index in [1.807, 2.05) is 19.4 Å². The van der Waals surface area contributed by atoms with Crippen molar-refractivity contribution in [3.8, 4) is 17.2 Å². The summed E-state index contributed by atoms with van der Waals surface area (Å²) >= 11 is 0. The maximum Gasteiger partial charge on any atom is 0.335 e. The van der Waals surface area contributed by atoms with Gasteiger partial charge in [0.15, 0.2) is 0 Å². The fraction of sp³-hybridized carbons (Fsp3) is 0.222. The van der Waals surface area contributed by atoms with Crippen molar-refractivity contribution < 1.29 is 30.5 Å². The number of hydrogen-bond donors (Lipinski definition) is 4. The van der Waals surface area contributed by atoms with Crippen molar-refractivity contribution >= 4 is 5.97 Å². The second-order valence-electron chi connectivity index (χ2n) is 2.73. The molecule has 84 valence electrons. The number of benzene rings is 1. The summed E-state index contributed by atoms with van der Waals surface area (Å²) < 4.78 is 0. The number of hydrogen-bond acceptors (Lipinski definition) is 4. The molecule has 6 heteroatoms. The highest BCUT2D eigenvalue weighted by Crippen LogP contribution is 2.32. The molecule has 0 atom stereocenters. The summed E-state index contributed by atoms with van der Waals surface area (Å²) in [6.45, 7) is 0. The zero-order valence-electron chi connectivity index (χ0n) is 8.39. The number of carboxylic acids is 1. The quantitative estimate of drug-likeness (QED) is 0.463. The second kappa shape index (κ2) is 5.71. The molecule has 0 amide bonds. The van der Waals surface area contributed by atoms with Crippen molar-refractivity contribution in [2.75, 3.05) is 14.1 Å². The smallest absolute Gasteiger partial charge is 0.335 e. The van der Waals surface area contributed by atoms with Crippen LogP contribution in [0.4, 0.5) is 0 Å². The van der Waals surface area contributed by atoms with E-state index in [1.165, 1.54) is 0 Å². The van der Waals surface area contributed by atoms with Crippen LogP contribution in [0.3, 0.4) is 0 Å². The Balaban J connectivity index is 0.000000583. The molecule has 1 rings (SSSR count). The molecule has 0 bridgehead atoms. The van der Waals surface area contributed by atoms with E-state index in [9.17, 15) is 9.90 Å². The SMILES string of the molecule is C[NH2+]C.O=C(O)c1cc(O)c([O-])c(O)c1. The summed E-state index contributed by atoms with van der Waals surface area (Å²) in [4.78, 5) is 10.3. The van der Waals surface area contributed by atoms with Gasteiger partial charge in [0, 0.05) is 0 Å². The first kappa shape index (κ1) is 13.1. The molecular weight excluding hydrogens is 202 g/mol. The van der Waals surface area contributed by atoms with Gasteiger partial charge in [0.25, 0.3) is 0 Å². The molecule has 6 nitrogen and oxygen atoms in total. The molecule has 1 aromatic carbocycles. The van der Waals surface area contributed by atoms with Crippen LogP contribution in [0.25, 0.3) is 0 Å². The summed E-state index contributed by atoms with van der Waals surface area (Å²) in [5.41, 5.74) is -0.329.